The first-order chi connectivity index (χ1) is 2.64. The van der Waals surface area contributed by atoms with Crippen molar-refractivity contribution in [2.45, 2.75) is 6.92 Å². The lowest BCUT2D eigenvalue weighted by Gasteiger charge is -1.85. The number of rotatable bonds is 1. The molecule has 1 heteroatoms. The Balaban J connectivity index is 3.57. The van der Waals surface area contributed by atoms with Crippen LogP contribution >= 0.6 is 0 Å². The highest BCUT2D eigenvalue weighted by Gasteiger charge is 1.81. The second-order valence-electron chi connectivity index (χ2n) is 1.19. The van der Waals surface area contributed by atoms with Gasteiger partial charge in [0.25, 0.3) is 0 Å². The maximum absolute atomic E-state index is 6.63. The Kier molecular flexibility index (Phi) is 1.58. The van der Waals surface area contributed by atoms with Crippen LogP contribution < -0.4 is 0 Å². The number of hydrogen-bond donors (Lipinski definition) is 1. The molecule has 0 atom stereocenters. The van der Waals surface area contributed by atoms with E-state index in [2.05, 4.69) is 6.58 Å². The van der Waals surface area contributed by atoms with E-state index in [9.17, 15) is 0 Å². The molecular weight excluding hydrogens is 74.1 g/mol. The summed E-state index contributed by atoms with van der Waals surface area (Å²) in [5.74, 6) is 0. The fraction of sp³-hybridized carbons (Fsp3) is 0.200. The standard InChI is InChI=1S/C5H7N/c1-4(2)5(3)6/h3,6H,1H2,2H3. The molecule has 0 heterocycles. The van der Waals surface area contributed by atoms with Crippen molar-refractivity contribution >= 4 is 5.71 Å². The van der Waals surface area contributed by atoms with Gasteiger partial charge in [0, 0.05) is 12.6 Å². The van der Waals surface area contributed by atoms with Crippen LogP contribution in [0.2, 0.25) is 0 Å². The van der Waals surface area contributed by atoms with Crippen molar-refractivity contribution in [2.24, 2.45) is 0 Å². The van der Waals surface area contributed by atoms with E-state index in [1.54, 1.807) is 6.92 Å². The Morgan fingerprint density at radius 1 is 1.83 bits per heavy atom. The van der Waals surface area contributed by atoms with Crippen LogP contribution in [0.15, 0.2) is 12.2 Å². The monoisotopic (exact) mass is 81.1 g/mol. The SMILES string of the molecule is [CH]C(=N)C(=C)C. The highest BCUT2D eigenvalue weighted by Crippen LogP contribution is 1.84. The molecule has 0 amide bonds. The van der Waals surface area contributed by atoms with Crippen LogP contribution in [0.3, 0.4) is 0 Å². The third-order valence-electron chi connectivity index (χ3n) is 0.460. The second-order valence-corrected chi connectivity index (χ2v) is 1.19. The molecule has 0 bridgehead atoms. The minimum atomic E-state index is 0.0648. The summed E-state index contributed by atoms with van der Waals surface area (Å²) in [6, 6.07) is 0. The summed E-state index contributed by atoms with van der Waals surface area (Å²) in [5, 5.41) is 6.63. The average Bonchev–Trinajstić information content (AvgIpc) is 1.36. The predicted molar refractivity (Wildman–Crippen MR) is 26.8 cm³/mol. The minimum Gasteiger partial charge on any atom is -0.305 e. The van der Waals surface area contributed by atoms with Crippen LogP contribution in [0.1, 0.15) is 6.92 Å². The topological polar surface area (TPSA) is 23.9 Å². The van der Waals surface area contributed by atoms with Gasteiger partial charge in [-0.2, -0.15) is 0 Å². The molecule has 0 fully saturated rings. The van der Waals surface area contributed by atoms with Crippen LogP contribution in [-0.4, -0.2) is 5.71 Å². The van der Waals surface area contributed by atoms with E-state index in [1.807, 2.05) is 0 Å². The van der Waals surface area contributed by atoms with Crippen molar-refractivity contribution in [3.05, 3.63) is 19.1 Å². The summed E-state index contributed by atoms with van der Waals surface area (Å²) >= 11 is 0. The molecule has 0 unspecified atom stereocenters. The van der Waals surface area contributed by atoms with E-state index >= 15 is 0 Å². The fourth-order valence-corrected chi connectivity index (χ4v) is 0. The minimum absolute atomic E-state index is 0.0648. The highest BCUT2D eigenvalue weighted by molar-refractivity contribution is 5.99. The zero-order valence-electron chi connectivity index (χ0n) is 3.78. The Hall–Kier alpha value is -0.590. The lowest BCUT2D eigenvalue weighted by molar-refractivity contribution is 1.47. The first kappa shape index (κ1) is 5.41. The molecular formula is C5H7N. The molecule has 2 radical (unpaired) electrons. The Morgan fingerprint density at radius 2 is 2.00 bits per heavy atom. The van der Waals surface area contributed by atoms with Crippen molar-refractivity contribution in [2.75, 3.05) is 0 Å². The molecule has 0 spiro atoms. The Bertz CT molecular complexity index is 69.9. The van der Waals surface area contributed by atoms with Gasteiger partial charge in [-0.25, -0.2) is 0 Å². The third-order valence-corrected chi connectivity index (χ3v) is 0.460. The molecule has 0 saturated heterocycles. The summed E-state index contributed by atoms with van der Waals surface area (Å²) in [5.41, 5.74) is 0.685. The third kappa shape index (κ3) is 1.70. The molecule has 0 aromatic rings. The molecule has 0 aromatic carbocycles. The van der Waals surface area contributed by atoms with E-state index < -0.39 is 0 Å². The zero-order chi connectivity index (χ0) is 5.15. The van der Waals surface area contributed by atoms with Crippen LogP contribution in [0.25, 0.3) is 0 Å². The van der Waals surface area contributed by atoms with Gasteiger partial charge in [0.15, 0.2) is 0 Å². The quantitative estimate of drug-likeness (QED) is 0.460. The van der Waals surface area contributed by atoms with E-state index in [0.717, 1.165) is 0 Å². The van der Waals surface area contributed by atoms with Gasteiger partial charge in [0.05, 0.1) is 0 Å². The van der Waals surface area contributed by atoms with Crippen LogP contribution in [-0.2, 0) is 0 Å². The smallest absolute Gasteiger partial charge is 0.0381 e. The molecule has 32 valence electrons. The van der Waals surface area contributed by atoms with Gasteiger partial charge in [-0.15, -0.1) is 0 Å². The first-order valence-corrected chi connectivity index (χ1v) is 1.64. The van der Waals surface area contributed by atoms with Gasteiger partial charge >= 0.3 is 0 Å². The summed E-state index contributed by atoms with van der Waals surface area (Å²) in [6.45, 7) is 10.0. The van der Waals surface area contributed by atoms with Gasteiger partial charge in [-0.3, -0.25) is 0 Å². The van der Waals surface area contributed by atoms with E-state index in [4.69, 9.17) is 12.3 Å². The summed E-state index contributed by atoms with van der Waals surface area (Å²) in [4.78, 5) is 0. The maximum Gasteiger partial charge on any atom is 0.0381 e. The largest absolute Gasteiger partial charge is 0.305 e. The molecule has 0 aliphatic rings. The molecule has 0 saturated carbocycles. The summed E-state index contributed by atoms with van der Waals surface area (Å²) < 4.78 is 0. The predicted octanol–water partition coefficient (Wildman–Crippen LogP) is 1.29. The lowest BCUT2D eigenvalue weighted by atomic mass is 10.2. The molecule has 0 aromatic heterocycles. The molecule has 1 nitrogen and oxygen atoms in total. The van der Waals surface area contributed by atoms with Gasteiger partial charge in [-0.1, -0.05) is 6.58 Å². The van der Waals surface area contributed by atoms with Crippen LogP contribution in [0, 0.1) is 12.3 Å². The van der Waals surface area contributed by atoms with Crippen molar-refractivity contribution < 1.29 is 0 Å². The Morgan fingerprint density at radius 3 is 2.00 bits per heavy atom. The molecule has 0 rings (SSSR count). The van der Waals surface area contributed by atoms with E-state index in [1.165, 1.54) is 0 Å². The highest BCUT2D eigenvalue weighted by atomic mass is 14.4. The Labute approximate surface area is 38.2 Å². The van der Waals surface area contributed by atoms with Crippen LogP contribution in [0.5, 0.6) is 0 Å². The molecule has 6 heavy (non-hydrogen) atoms. The van der Waals surface area contributed by atoms with Crippen molar-refractivity contribution in [3.63, 3.8) is 0 Å². The summed E-state index contributed by atoms with van der Waals surface area (Å²) in [6.07, 6.45) is 0. The first-order valence-electron chi connectivity index (χ1n) is 1.64. The lowest BCUT2D eigenvalue weighted by Crippen LogP contribution is -1.85. The van der Waals surface area contributed by atoms with Crippen molar-refractivity contribution in [1.82, 2.24) is 0 Å². The van der Waals surface area contributed by atoms with Crippen molar-refractivity contribution in [1.29, 1.82) is 5.41 Å². The zero-order valence-corrected chi connectivity index (χ0v) is 3.78. The van der Waals surface area contributed by atoms with Crippen molar-refractivity contribution in [3.8, 4) is 0 Å². The molecule has 1 N–H and O–H groups in total. The van der Waals surface area contributed by atoms with E-state index in [-0.39, 0.29) is 5.71 Å². The molecule has 0 aliphatic carbocycles. The number of nitrogens with one attached hydrogen (secondary N) is 1. The maximum atomic E-state index is 6.63. The number of allylic oxidation sites excluding steroid dienone is 1. The fourth-order valence-electron chi connectivity index (χ4n) is 0. The van der Waals surface area contributed by atoms with E-state index in [0.29, 0.717) is 5.57 Å². The number of hydrogen-bond acceptors (Lipinski definition) is 1. The van der Waals surface area contributed by atoms with Gasteiger partial charge in [0.1, 0.15) is 0 Å². The molecule has 0 aliphatic heterocycles. The van der Waals surface area contributed by atoms with Crippen LogP contribution in [0.4, 0.5) is 0 Å². The van der Waals surface area contributed by atoms with Gasteiger partial charge in [-0.05, 0) is 12.5 Å². The normalized spacial score (nSPS) is 7.67. The van der Waals surface area contributed by atoms with Gasteiger partial charge < -0.3 is 5.41 Å². The summed E-state index contributed by atoms with van der Waals surface area (Å²) in [7, 11) is 0. The second kappa shape index (κ2) is 1.75. The van der Waals surface area contributed by atoms with Gasteiger partial charge in [0.2, 0.25) is 0 Å². The average molecular weight is 81.1 g/mol.